The molecule has 15 heavy (non-hydrogen) atoms. The van der Waals surface area contributed by atoms with Crippen molar-refractivity contribution in [3.63, 3.8) is 0 Å². The zero-order chi connectivity index (χ0) is 10.8. The normalized spacial score (nSPS) is 15.3. The minimum Gasteiger partial charge on any atom is -0.387 e. The van der Waals surface area contributed by atoms with E-state index in [1.165, 1.54) is 0 Å². The number of aliphatic hydroxyl groups is 2. The Morgan fingerprint density at radius 2 is 1.47 bits per heavy atom. The van der Waals surface area contributed by atoms with Gasteiger partial charge in [0.05, 0.1) is 11.2 Å². The van der Waals surface area contributed by atoms with Gasteiger partial charge < -0.3 is 10.2 Å². The van der Waals surface area contributed by atoms with Crippen LogP contribution in [0, 0.1) is 0 Å². The van der Waals surface area contributed by atoms with Gasteiger partial charge >= 0.3 is 0 Å². The minimum absolute atomic E-state index is 0. The van der Waals surface area contributed by atoms with Crippen LogP contribution in [-0.2, 0) is 6.42 Å². The van der Waals surface area contributed by atoms with E-state index in [9.17, 15) is 10.2 Å². The molecule has 0 saturated carbocycles. The number of benzene rings is 1. The molecule has 3 heteroatoms. The topological polar surface area (TPSA) is 40.5 Å². The van der Waals surface area contributed by atoms with Crippen molar-refractivity contribution in [3.8, 4) is 0 Å². The highest BCUT2D eigenvalue weighted by Crippen LogP contribution is 2.25. The first kappa shape index (κ1) is 14.2. The van der Waals surface area contributed by atoms with E-state index in [-0.39, 0.29) is 8.41 Å². The van der Waals surface area contributed by atoms with E-state index in [0.29, 0.717) is 6.42 Å². The van der Waals surface area contributed by atoms with Gasteiger partial charge in [-0.15, -0.1) is 0 Å². The van der Waals surface area contributed by atoms with Gasteiger partial charge in [0.1, 0.15) is 0 Å². The van der Waals surface area contributed by atoms with Crippen molar-refractivity contribution in [1.82, 2.24) is 0 Å². The van der Waals surface area contributed by atoms with Gasteiger partial charge in [-0.05, 0) is 26.3 Å². The summed E-state index contributed by atoms with van der Waals surface area (Å²) in [5, 5.41) is 19.8. The standard InChI is InChI=1S/C12H18O2.B/c1-11(2,13)12(3,14)9-10-7-5-4-6-8-10;/h4-8,13-14H,9H2,1-3H3;. The molecule has 0 aliphatic rings. The molecule has 0 aliphatic heterocycles. The highest BCUT2D eigenvalue weighted by Gasteiger charge is 2.37. The quantitative estimate of drug-likeness (QED) is 0.731. The molecule has 0 spiro atoms. The van der Waals surface area contributed by atoms with Crippen molar-refractivity contribution < 1.29 is 10.2 Å². The van der Waals surface area contributed by atoms with Crippen molar-refractivity contribution in [2.45, 2.75) is 38.4 Å². The SMILES string of the molecule is CC(C)(O)C(C)(O)Cc1ccccc1.[B]. The summed E-state index contributed by atoms with van der Waals surface area (Å²) in [6.07, 6.45) is 0.456. The first-order chi connectivity index (χ1) is 6.33. The third-order valence-corrected chi connectivity index (χ3v) is 2.71. The lowest BCUT2D eigenvalue weighted by atomic mass is 9.82. The van der Waals surface area contributed by atoms with Gasteiger partial charge in [0.2, 0.25) is 0 Å². The van der Waals surface area contributed by atoms with Crippen LogP contribution >= 0.6 is 0 Å². The molecule has 1 unspecified atom stereocenters. The lowest BCUT2D eigenvalue weighted by Crippen LogP contribution is -2.49. The van der Waals surface area contributed by atoms with Gasteiger partial charge in [0.25, 0.3) is 0 Å². The summed E-state index contributed by atoms with van der Waals surface area (Å²) in [5.74, 6) is 0. The molecule has 0 bridgehead atoms. The van der Waals surface area contributed by atoms with Gasteiger partial charge in [-0.1, -0.05) is 30.3 Å². The molecular formula is C12H18BO2. The maximum atomic E-state index is 10.1. The molecule has 1 aromatic rings. The second-order valence-corrected chi connectivity index (χ2v) is 4.50. The van der Waals surface area contributed by atoms with Crippen LogP contribution in [0.1, 0.15) is 26.3 Å². The molecule has 81 valence electrons. The summed E-state index contributed by atoms with van der Waals surface area (Å²) in [4.78, 5) is 0. The monoisotopic (exact) mass is 205 g/mol. The third kappa shape index (κ3) is 3.69. The molecule has 0 saturated heterocycles. The largest absolute Gasteiger partial charge is 0.387 e. The Labute approximate surface area is 93.5 Å². The summed E-state index contributed by atoms with van der Waals surface area (Å²) < 4.78 is 0. The fourth-order valence-corrected chi connectivity index (χ4v) is 1.21. The first-order valence-electron chi connectivity index (χ1n) is 4.82. The predicted molar refractivity (Wildman–Crippen MR) is 62.8 cm³/mol. The molecule has 0 heterocycles. The Morgan fingerprint density at radius 1 is 1.00 bits per heavy atom. The van der Waals surface area contributed by atoms with E-state index in [0.717, 1.165) is 5.56 Å². The van der Waals surface area contributed by atoms with E-state index in [1.54, 1.807) is 20.8 Å². The fourth-order valence-electron chi connectivity index (χ4n) is 1.21. The van der Waals surface area contributed by atoms with Gasteiger partial charge in [-0.3, -0.25) is 0 Å². The molecule has 1 atom stereocenters. The van der Waals surface area contributed by atoms with Crippen LogP contribution < -0.4 is 0 Å². The van der Waals surface area contributed by atoms with Crippen molar-refractivity contribution in [2.75, 3.05) is 0 Å². The number of hydrogen-bond acceptors (Lipinski definition) is 2. The number of hydrogen-bond donors (Lipinski definition) is 2. The second kappa shape index (κ2) is 4.82. The summed E-state index contributed by atoms with van der Waals surface area (Å²) in [7, 11) is 0. The Bertz CT molecular complexity index is 288. The molecule has 0 aromatic heterocycles. The van der Waals surface area contributed by atoms with E-state index < -0.39 is 11.2 Å². The van der Waals surface area contributed by atoms with Crippen molar-refractivity contribution in [3.05, 3.63) is 35.9 Å². The number of rotatable bonds is 3. The lowest BCUT2D eigenvalue weighted by Gasteiger charge is -2.35. The molecule has 2 nitrogen and oxygen atoms in total. The summed E-state index contributed by atoms with van der Waals surface area (Å²) in [5.41, 5.74) is -1.17. The zero-order valence-corrected chi connectivity index (χ0v) is 9.57. The second-order valence-electron chi connectivity index (χ2n) is 4.50. The van der Waals surface area contributed by atoms with E-state index >= 15 is 0 Å². The molecule has 3 radical (unpaired) electrons. The molecule has 1 rings (SSSR count). The van der Waals surface area contributed by atoms with Gasteiger partial charge in [-0.25, -0.2) is 0 Å². The van der Waals surface area contributed by atoms with E-state index in [2.05, 4.69) is 0 Å². The van der Waals surface area contributed by atoms with Crippen molar-refractivity contribution in [2.24, 2.45) is 0 Å². The van der Waals surface area contributed by atoms with Crippen molar-refractivity contribution in [1.29, 1.82) is 0 Å². The first-order valence-corrected chi connectivity index (χ1v) is 4.82. The molecule has 0 aliphatic carbocycles. The summed E-state index contributed by atoms with van der Waals surface area (Å²) >= 11 is 0. The van der Waals surface area contributed by atoms with Gasteiger partial charge in [0, 0.05) is 14.8 Å². The van der Waals surface area contributed by atoms with Crippen LogP contribution in [0.5, 0.6) is 0 Å². The molecule has 2 N–H and O–H groups in total. The minimum atomic E-state index is -1.10. The predicted octanol–water partition coefficient (Wildman–Crippen LogP) is 1.37. The highest BCUT2D eigenvalue weighted by atomic mass is 16.3. The Kier molecular flexibility index (Phi) is 4.56. The molecular weight excluding hydrogens is 187 g/mol. The maximum Gasteiger partial charge on any atom is 0.0940 e. The summed E-state index contributed by atoms with van der Waals surface area (Å²) in [6.45, 7) is 4.89. The molecule has 0 fully saturated rings. The van der Waals surface area contributed by atoms with Crippen LogP contribution in [0.3, 0.4) is 0 Å². The van der Waals surface area contributed by atoms with Gasteiger partial charge in [0.15, 0.2) is 0 Å². The van der Waals surface area contributed by atoms with E-state index in [1.807, 2.05) is 30.3 Å². The smallest absolute Gasteiger partial charge is 0.0940 e. The Morgan fingerprint density at radius 3 is 1.87 bits per heavy atom. The van der Waals surface area contributed by atoms with Crippen LogP contribution in [0.2, 0.25) is 0 Å². The van der Waals surface area contributed by atoms with Crippen LogP contribution in [0.25, 0.3) is 0 Å². The Hall–Kier alpha value is -0.795. The third-order valence-electron chi connectivity index (χ3n) is 2.71. The fraction of sp³-hybridized carbons (Fsp3) is 0.500. The molecule has 1 aromatic carbocycles. The van der Waals surface area contributed by atoms with Crippen LogP contribution in [0.15, 0.2) is 30.3 Å². The lowest BCUT2D eigenvalue weighted by molar-refractivity contribution is -0.118. The van der Waals surface area contributed by atoms with Gasteiger partial charge in [-0.2, -0.15) is 0 Å². The Balaban J connectivity index is 0.00000196. The summed E-state index contributed by atoms with van der Waals surface area (Å²) in [6, 6.07) is 9.67. The van der Waals surface area contributed by atoms with Crippen LogP contribution in [-0.4, -0.2) is 29.8 Å². The zero-order valence-electron chi connectivity index (χ0n) is 9.57. The van der Waals surface area contributed by atoms with Crippen molar-refractivity contribution >= 4 is 8.41 Å². The van der Waals surface area contributed by atoms with Crippen LogP contribution in [0.4, 0.5) is 0 Å². The molecule has 0 amide bonds. The maximum absolute atomic E-state index is 10.1. The average molecular weight is 205 g/mol. The average Bonchev–Trinajstić information content (AvgIpc) is 2.03. The highest BCUT2D eigenvalue weighted by molar-refractivity contribution is 5.75. The van der Waals surface area contributed by atoms with E-state index in [4.69, 9.17) is 0 Å².